The van der Waals surface area contributed by atoms with Crippen LogP contribution in [0.5, 0.6) is 0 Å². The molecule has 23 heavy (non-hydrogen) atoms. The quantitative estimate of drug-likeness (QED) is 0.792. The molecule has 0 radical (unpaired) electrons. The lowest BCUT2D eigenvalue weighted by atomic mass is 9.86. The molecule has 0 unspecified atom stereocenters. The molecule has 0 aliphatic carbocycles. The molecule has 2 N–H and O–H groups in total. The van der Waals surface area contributed by atoms with E-state index in [9.17, 15) is 9.59 Å². The first-order valence-corrected chi connectivity index (χ1v) is 7.59. The number of alkyl carbamates (subject to hydrolysis) is 1. The molecule has 0 heterocycles. The Morgan fingerprint density at radius 1 is 1.22 bits per heavy atom. The second kappa shape index (κ2) is 8.36. The Bertz CT molecular complexity index is 535. The minimum absolute atomic E-state index is 0.214. The predicted octanol–water partition coefficient (Wildman–Crippen LogP) is 2.67. The number of rotatable bonds is 6. The van der Waals surface area contributed by atoms with Crippen molar-refractivity contribution in [3.8, 4) is 0 Å². The van der Waals surface area contributed by atoms with Crippen LogP contribution in [-0.2, 0) is 16.0 Å². The maximum Gasteiger partial charge on any atom is 0.407 e. The Kier molecular flexibility index (Phi) is 6.82. The highest BCUT2D eigenvalue weighted by Crippen LogP contribution is 2.20. The van der Waals surface area contributed by atoms with Gasteiger partial charge in [-0.1, -0.05) is 57.2 Å². The van der Waals surface area contributed by atoms with Crippen molar-refractivity contribution in [3.63, 3.8) is 0 Å². The Hall–Kier alpha value is -2.30. The number of ether oxygens (including phenoxy) is 1. The van der Waals surface area contributed by atoms with Crippen LogP contribution in [0.2, 0.25) is 0 Å². The van der Waals surface area contributed by atoms with Gasteiger partial charge in [-0.05, 0) is 17.4 Å². The maximum atomic E-state index is 12.6. The molecule has 0 aromatic heterocycles. The van der Waals surface area contributed by atoms with Crippen LogP contribution in [-0.4, -0.2) is 31.2 Å². The van der Waals surface area contributed by atoms with E-state index in [1.54, 1.807) is 6.08 Å². The summed E-state index contributed by atoms with van der Waals surface area (Å²) >= 11 is 0. The van der Waals surface area contributed by atoms with Gasteiger partial charge in [-0.25, -0.2) is 4.79 Å². The SMILES string of the molecule is C=C[C@H](Cc1ccccc1)NC(=O)[C@@H](NC(=O)OC)C(C)(C)C. The summed E-state index contributed by atoms with van der Waals surface area (Å²) < 4.78 is 4.60. The number of hydrogen-bond donors (Lipinski definition) is 2. The van der Waals surface area contributed by atoms with Gasteiger partial charge in [0.25, 0.3) is 0 Å². The van der Waals surface area contributed by atoms with Crippen LogP contribution in [0.3, 0.4) is 0 Å². The van der Waals surface area contributed by atoms with Crippen molar-refractivity contribution >= 4 is 12.0 Å². The lowest BCUT2D eigenvalue weighted by Crippen LogP contribution is -2.55. The standard InChI is InChI=1S/C18H26N2O3/c1-6-14(12-13-10-8-7-9-11-13)19-16(21)15(18(2,3)4)20-17(22)23-5/h6-11,14-15H,1,12H2,2-5H3,(H,19,21)(H,20,22)/t14-,15-/m1/s1. The zero-order valence-electron chi connectivity index (χ0n) is 14.3. The van der Waals surface area contributed by atoms with E-state index in [0.29, 0.717) is 6.42 Å². The first kappa shape index (κ1) is 18.7. The molecule has 0 aliphatic heterocycles. The van der Waals surface area contributed by atoms with Crippen LogP contribution in [0.25, 0.3) is 0 Å². The Morgan fingerprint density at radius 2 is 1.83 bits per heavy atom. The molecule has 0 bridgehead atoms. The monoisotopic (exact) mass is 318 g/mol. The number of nitrogens with one attached hydrogen (secondary N) is 2. The van der Waals surface area contributed by atoms with Crippen molar-refractivity contribution in [1.29, 1.82) is 0 Å². The van der Waals surface area contributed by atoms with E-state index in [4.69, 9.17) is 0 Å². The van der Waals surface area contributed by atoms with Crippen molar-refractivity contribution in [1.82, 2.24) is 10.6 Å². The fourth-order valence-corrected chi connectivity index (χ4v) is 2.18. The molecule has 0 fully saturated rings. The summed E-state index contributed by atoms with van der Waals surface area (Å²) in [5.41, 5.74) is 0.655. The van der Waals surface area contributed by atoms with Crippen molar-refractivity contribution < 1.29 is 14.3 Å². The van der Waals surface area contributed by atoms with Crippen molar-refractivity contribution in [2.75, 3.05) is 7.11 Å². The molecule has 1 aromatic rings. The van der Waals surface area contributed by atoms with Gasteiger partial charge in [-0.3, -0.25) is 4.79 Å². The summed E-state index contributed by atoms with van der Waals surface area (Å²) in [7, 11) is 1.27. The van der Waals surface area contributed by atoms with Crippen LogP contribution in [0.15, 0.2) is 43.0 Å². The Labute approximate surface area is 138 Å². The maximum absolute atomic E-state index is 12.6. The van der Waals surface area contributed by atoms with Gasteiger partial charge in [-0.2, -0.15) is 0 Å². The highest BCUT2D eigenvalue weighted by Gasteiger charge is 2.33. The van der Waals surface area contributed by atoms with Gasteiger partial charge in [-0.15, -0.1) is 6.58 Å². The number of benzene rings is 1. The molecule has 1 aromatic carbocycles. The zero-order valence-corrected chi connectivity index (χ0v) is 14.3. The summed E-state index contributed by atoms with van der Waals surface area (Å²) in [6, 6.07) is 8.93. The third-order valence-electron chi connectivity index (χ3n) is 3.49. The van der Waals surface area contributed by atoms with Crippen molar-refractivity contribution in [2.24, 2.45) is 5.41 Å². The lowest BCUT2D eigenvalue weighted by molar-refractivity contribution is -0.125. The Balaban J connectivity index is 2.78. The third kappa shape index (κ3) is 6.14. The van der Waals surface area contributed by atoms with Crippen molar-refractivity contribution in [3.05, 3.63) is 48.6 Å². The molecule has 0 aliphatic rings. The fourth-order valence-electron chi connectivity index (χ4n) is 2.18. The topological polar surface area (TPSA) is 67.4 Å². The first-order valence-electron chi connectivity index (χ1n) is 7.59. The largest absolute Gasteiger partial charge is 0.453 e. The van der Waals surface area contributed by atoms with Gasteiger partial charge < -0.3 is 15.4 Å². The summed E-state index contributed by atoms with van der Waals surface area (Å²) in [6.07, 6.45) is 1.71. The number of carbonyl (C=O) groups excluding carboxylic acids is 2. The molecule has 5 heteroatoms. The minimum atomic E-state index is -0.701. The summed E-state index contributed by atoms with van der Waals surface area (Å²) in [5, 5.41) is 5.52. The highest BCUT2D eigenvalue weighted by molar-refractivity contribution is 5.86. The number of methoxy groups -OCH3 is 1. The molecular formula is C18H26N2O3. The van der Waals surface area contributed by atoms with Crippen LogP contribution in [0.1, 0.15) is 26.3 Å². The van der Waals surface area contributed by atoms with E-state index in [2.05, 4.69) is 21.9 Å². The molecular weight excluding hydrogens is 292 g/mol. The first-order chi connectivity index (χ1) is 10.8. The summed E-state index contributed by atoms with van der Waals surface area (Å²) in [5.74, 6) is -0.260. The minimum Gasteiger partial charge on any atom is -0.453 e. The predicted molar refractivity (Wildman–Crippen MR) is 91.1 cm³/mol. The van der Waals surface area contributed by atoms with Crippen LogP contribution in [0.4, 0.5) is 4.79 Å². The Morgan fingerprint density at radius 3 is 2.30 bits per heavy atom. The van der Waals surface area contributed by atoms with E-state index in [1.807, 2.05) is 51.1 Å². The number of amides is 2. The molecule has 2 atom stereocenters. The van der Waals surface area contributed by atoms with Crippen molar-refractivity contribution in [2.45, 2.75) is 39.3 Å². The van der Waals surface area contributed by atoms with Gasteiger partial charge in [0.2, 0.25) is 5.91 Å². The molecule has 0 spiro atoms. The van der Waals surface area contributed by atoms with E-state index in [-0.39, 0.29) is 11.9 Å². The fraction of sp³-hybridized carbons (Fsp3) is 0.444. The lowest BCUT2D eigenvalue weighted by Gasteiger charge is -2.31. The normalized spacial score (nSPS) is 13.6. The third-order valence-corrected chi connectivity index (χ3v) is 3.49. The van der Waals surface area contributed by atoms with E-state index in [0.717, 1.165) is 5.56 Å². The van der Waals surface area contributed by atoms with Crippen LogP contribution >= 0.6 is 0 Å². The molecule has 126 valence electrons. The van der Waals surface area contributed by atoms with Gasteiger partial charge in [0.05, 0.1) is 13.2 Å². The molecule has 0 saturated heterocycles. The van der Waals surface area contributed by atoms with E-state index in [1.165, 1.54) is 7.11 Å². The van der Waals surface area contributed by atoms with Gasteiger partial charge in [0.15, 0.2) is 0 Å². The zero-order chi connectivity index (χ0) is 17.5. The number of hydrogen-bond acceptors (Lipinski definition) is 3. The second-order valence-corrected chi connectivity index (χ2v) is 6.48. The van der Waals surface area contributed by atoms with E-state index < -0.39 is 17.6 Å². The summed E-state index contributed by atoms with van der Waals surface area (Å²) in [6.45, 7) is 9.43. The van der Waals surface area contributed by atoms with E-state index >= 15 is 0 Å². The number of carbonyl (C=O) groups is 2. The molecule has 5 nitrogen and oxygen atoms in total. The van der Waals surface area contributed by atoms with Gasteiger partial charge in [0, 0.05) is 0 Å². The molecule has 0 saturated carbocycles. The van der Waals surface area contributed by atoms with Crippen LogP contribution < -0.4 is 10.6 Å². The average Bonchev–Trinajstić information content (AvgIpc) is 2.51. The highest BCUT2D eigenvalue weighted by atomic mass is 16.5. The smallest absolute Gasteiger partial charge is 0.407 e. The molecule has 2 amide bonds. The second-order valence-electron chi connectivity index (χ2n) is 6.48. The van der Waals surface area contributed by atoms with Gasteiger partial charge >= 0.3 is 6.09 Å². The average molecular weight is 318 g/mol. The summed E-state index contributed by atoms with van der Waals surface area (Å²) in [4.78, 5) is 24.1. The van der Waals surface area contributed by atoms with Crippen LogP contribution in [0, 0.1) is 5.41 Å². The molecule has 1 rings (SSSR count). The van der Waals surface area contributed by atoms with Gasteiger partial charge in [0.1, 0.15) is 6.04 Å².